The molecule has 0 aromatic carbocycles. The van der Waals surface area contributed by atoms with Gasteiger partial charge in [0, 0.05) is 12.7 Å². The van der Waals surface area contributed by atoms with Gasteiger partial charge in [0.15, 0.2) is 0 Å². The fourth-order valence-corrected chi connectivity index (χ4v) is 1.75. The zero-order valence-corrected chi connectivity index (χ0v) is 10.5. The van der Waals surface area contributed by atoms with Crippen LogP contribution in [0, 0.1) is 6.92 Å². The molecule has 1 unspecified atom stereocenters. The van der Waals surface area contributed by atoms with E-state index in [0.717, 1.165) is 30.0 Å². The molecule has 0 saturated carbocycles. The molecule has 7 nitrogen and oxygen atoms in total. The highest BCUT2D eigenvalue weighted by Gasteiger charge is 2.19. The maximum atomic E-state index is 5.61. The number of hydrogen-bond donors (Lipinski definition) is 2. The maximum Gasteiger partial charge on any atom is 0.108 e. The average Bonchev–Trinajstić information content (AvgIpc) is 2.82. The number of rotatable bonds is 5. The van der Waals surface area contributed by atoms with Gasteiger partial charge < -0.3 is 0 Å². The fraction of sp³-hybridized carbons (Fsp3) is 0.455. The smallest absolute Gasteiger partial charge is 0.108 e. The van der Waals surface area contributed by atoms with E-state index in [2.05, 4.69) is 32.6 Å². The van der Waals surface area contributed by atoms with Crippen LogP contribution in [0.3, 0.4) is 0 Å². The van der Waals surface area contributed by atoms with Gasteiger partial charge in [-0.3, -0.25) is 15.8 Å². The molecule has 2 rings (SSSR count). The van der Waals surface area contributed by atoms with E-state index in [0.29, 0.717) is 0 Å². The number of nitrogens with zero attached hydrogens (tertiary/aromatic N) is 5. The lowest BCUT2D eigenvalue weighted by Crippen LogP contribution is -2.31. The Morgan fingerprint density at radius 2 is 2.17 bits per heavy atom. The molecule has 0 aliphatic rings. The van der Waals surface area contributed by atoms with Crippen molar-refractivity contribution in [1.82, 2.24) is 30.4 Å². The van der Waals surface area contributed by atoms with Crippen LogP contribution in [0.25, 0.3) is 0 Å². The number of aryl methyl sites for hydroxylation is 2. The van der Waals surface area contributed by atoms with Crippen molar-refractivity contribution in [1.29, 1.82) is 0 Å². The first-order chi connectivity index (χ1) is 8.76. The Balaban J connectivity index is 2.32. The van der Waals surface area contributed by atoms with Gasteiger partial charge >= 0.3 is 0 Å². The van der Waals surface area contributed by atoms with E-state index < -0.39 is 0 Å². The van der Waals surface area contributed by atoms with Crippen LogP contribution in [-0.2, 0) is 6.54 Å². The van der Waals surface area contributed by atoms with E-state index in [1.165, 1.54) is 0 Å². The molecule has 1 atom stereocenters. The second-order valence-corrected chi connectivity index (χ2v) is 4.06. The Morgan fingerprint density at radius 3 is 2.78 bits per heavy atom. The minimum Gasteiger partial charge on any atom is -0.270 e. The molecule has 0 saturated heterocycles. The molecule has 0 bridgehead atoms. The van der Waals surface area contributed by atoms with Gasteiger partial charge in [0.2, 0.25) is 0 Å². The number of nitrogens with two attached hydrogens (primary N) is 1. The minimum absolute atomic E-state index is 0.250. The lowest BCUT2D eigenvalue weighted by molar-refractivity contribution is 0.506. The first-order valence-corrected chi connectivity index (χ1v) is 5.89. The second-order valence-electron chi connectivity index (χ2n) is 4.06. The van der Waals surface area contributed by atoms with Crippen molar-refractivity contribution >= 4 is 0 Å². The quantitative estimate of drug-likeness (QED) is 0.584. The van der Waals surface area contributed by atoms with Crippen molar-refractivity contribution < 1.29 is 0 Å². The summed E-state index contributed by atoms with van der Waals surface area (Å²) in [4.78, 5) is 8.56. The summed E-state index contributed by atoms with van der Waals surface area (Å²) < 4.78 is 1.83. The Labute approximate surface area is 105 Å². The van der Waals surface area contributed by atoms with Gasteiger partial charge in [0.05, 0.1) is 29.5 Å². The molecule has 0 spiro atoms. The number of hydrogen-bond acceptors (Lipinski definition) is 6. The molecule has 2 aromatic heterocycles. The summed E-state index contributed by atoms with van der Waals surface area (Å²) in [6.45, 7) is 4.78. The Kier molecular flexibility index (Phi) is 3.96. The summed E-state index contributed by atoms with van der Waals surface area (Å²) in [7, 11) is 0. The van der Waals surface area contributed by atoms with Gasteiger partial charge in [0.1, 0.15) is 6.04 Å². The molecule has 7 heteroatoms. The lowest BCUT2D eigenvalue weighted by Gasteiger charge is -2.15. The highest BCUT2D eigenvalue weighted by Crippen LogP contribution is 2.17. The summed E-state index contributed by atoms with van der Waals surface area (Å²) in [5, 5.41) is 7.96. The van der Waals surface area contributed by atoms with Crippen LogP contribution in [0.2, 0.25) is 0 Å². The van der Waals surface area contributed by atoms with Crippen LogP contribution < -0.4 is 11.3 Å². The topological polar surface area (TPSA) is 94.5 Å². The summed E-state index contributed by atoms with van der Waals surface area (Å²) in [5.41, 5.74) is 5.24. The van der Waals surface area contributed by atoms with Crippen molar-refractivity contribution in [2.45, 2.75) is 32.9 Å². The maximum absolute atomic E-state index is 5.61. The van der Waals surface area contributed by atoms with Gasteiger partial charge in [-0.2, -0.15) is 0 Å². The molecule has 2 aromatic rings. The van der Waals surface area contributed by atoms with Crippen LogP contribution >= 0.6 is 0 Å². The van der Waals surface area contributed by atoms with Gasteiger partial charge in [0.25, 0.3) is 0 Å². The molecule has 0 radical (unpaired) electrons. The van der Waals surface area contributed by atoms with E-state index in [1.807, 2.05) is 11.6 Å². The number of nitrogens with one attached hydrogen (secondary N) is 1. The summed E-state index contributed by atoms with van der Waals surface area (Å²) >= 11 is 0. The van der Waals surface area contributed by atoms with Crippen molar-refractivity contribution in [2.75, 3.05) is 0 Å². The molecule has 0 fully saturated rings. The average molecular weight is 247 g/mol. The molecule has 2 heterocycles. The Morgan fingerprint density at radius 1 is 1.33 bits per heavy atom. The normalized spacial score (nSPS) is 12.6. The van der Waals surface area contributed by atoms with E-state index in [-0.39, 0.29) is 6.04 Å². The third-order valence-corrected chi connectivity index (χ3v) is 2.64. The zero-order valence-electron chi connectivity index (χ0n) is 10.5. The van der Waals surface area contributed by atoms with Crippen molar-refractivity contribution in [2.24, 2.45) is 5.84 Å². The summed E-state index contributed by atoms with van der Waals surface area (Å²) in [6, 6.07) is -0.250. The molecule has 96 valence electrons. The SMILES string of the molecule is CCCn1nncc1C(NN)c1cnc(C)cn1. The molecule has 3 N–H and O–H groups in total. The van der Waals surface area contributed by atoms with Crippen molar-refractivity contribution in [3.05, 3.63) is 35.7 Å². The second kappa shape index (κ2) is 5.65. The third kappa shape index (κ3) is 2.52. The van der Waals surface area contributed by atoms with Gasteiger partial charge in [-0.05, 0) is 13.3 Å². The molecule has 18 heavy (non-hydrogen) atoms. The predicted molar refractivity (Wildman–Crippen MR) is 66.2 cm³/mol. The Bertz CT molecular complexity index is 490. The predicted octanol–water partition coefficient (Wildman–Crippen LogP) is 0.339. The largest absolute Gasteiger partial charge is 0.270 e. The van der Waals surface area contributed by atoms with E-state index >= 15 is 0 Å². The summed E-state index contributed by atoms with van der Waals surface area (Å²) in [5.74, 6) is 5.61. The summed E-state index contributed by atoms with van der Waals surface area (Å²) in [6.07, 6.45) is 6.10. The molecule has 0 aliphatic heterocycles. The molecular weight excluding hydrogens is 230 g/mol. The Hall–Kier alpha value is -1.86. The van der Waals surface area contributed by atoms with Crippen LogP contribution in [0.5, 0.6) is 0 Å². The molecule has 0 amide bonds. The first-order valence-electron chi connectivity index (χ1n) is 5.89. The van der Waals surface area contributed by atoms with Crippen LogP contribution in [0.15, 0.2) is 18.6 Å². The van der Waals surface area contributed by atoms with Crippen molar-refractivity contribution in [3.63, 3.8) is 0 Å². The molecular formula is C11H17N7. The van der Waals surface area contributed by atoms with Crippen LogP contribution in [-0.4, -0.2) is 25.0 Å². The number of hydrazine groups is 1. The highest BCUT2D eigenvalue weighted by molar-refractivity contribution is 5.18. The fourth-order valence-electron chi connectivity index (χ4n) is 1.75. The van der Waals surface area contributed by atoms with Gasteiger partial charge in [-0.1, -0.05) is 12.1 Å². The van der Waals surface area contributed by atoms with E-state index in [4.69, 9.17) is 5.84 Å². The first kappa shape index (κ1) is 12.6. The molecule has 0 aliphatic carbocycles. The van der Waals surface area contributed by atoms with Crippen LogP contribution in [0.4, 0.5) is 0 Å². The zero-order chi connectivity index (χ0) is 13.0. The monoisotopic (exact) mass is 247 g/mol. The van der Waals surface area contributed by atoms with Crippen molar-refractivity contribution in [3.8, 4) is 0 Å². The van der Waals surface area contributed by atoms with E-state index in [1.54, 1.807) is 18.6 Å². The standard InChI is InChI=1S/C11H17N7/c1-3-4-18-10(7-15-17-18)11(16-12)9-6-13-8(2)5-14-9/h5-7,11,16H,3-4,12H2,1-2H3. The van der Waals surface area contributed by atoms with Gasteiger partial charge in [-0.15, -0.1) is 5.10 Å². The third-order valence-electron chi connectivity index (χ3n) is 2.64. The lowest BCUT2D eigenvalue weighted by atomic mass is 10.1. The highest BCUT2D eigenvalue weighted by atomic mass is 15.4. The number of aromatic nitrogens is 5. The van der Waals surface area contributed by atoms with Gasteiger partial charge in [-0.25, -0.2) is 10.1 Å². The van der Waals surface area contributed by atoms with Crippen LogP contribution in [0.1, 0.15) is 36.5 Å². The minimum atomic E-state index is -0.250. The van der Waals surface area contributed by atoms with E-state index in [9.17, 15) is 0 Å².